The van der Waals surface area contributed by atoms with Crippen LogP contribution in [0.1, 0.15) is 36.7 Å². The predicted molar refractivity (Wildman–Crippen MR) is 134 cm³/mol. The Labute approximate surface area is 202 Å². The summed E-state index contributed by atoms with van der Waals surface area (Å²) in [6, 6.07) is 16.9. The molecule has 32 heavy (non-hydrogen) atoms. The van der Waals surface area contributed by atoms with E-state index in [1.54, 1.807) is 34.8 Å². The first-order valence-electron chi connectivity index (χ1n) is 9.59. The maximum absolute atomic E-state index is 12.5. The normalized spacial score (nSPS) is 11.4. The van der Waals surface area contributed by atoms with E-state index in [4.69, 9.17) is 11.6 Å². The van der Waals surface area contributed by atoms with Crippen LogP contribution in [0.2, 0.25) is 5.02 Å². The quantitative estimate of drug-likeness (QED) is 0.232. The number of hydrogen-bond acceptors (Lipinski definition) is 6. The molecule has 2 amide bonds. The van der Waals surface area contributed by atoms with Crippen molar-refractivity contribution in [1.82, 2.24) is 10.7 Å². The first kappa shape index (κ1) is 22.4. The van der Waals surface area contributed by atoms with Gasteiger partial charge in [-0.3, -0.25) is 9.59 Å². The Bertz CT molecular complexity index is 1260. The number of benzene rings is 1. The van der Waals surface area contributed by atoms with E-state index in [0.717, 1.165) is 32.2 Å². The molecule has 3 aromatic heterocycles. The van der Waals surface area contributed by atoms with E-state index in [9.17, 15) is 9.59 Å². The van der Waals surface area contributed by atoms with Crippen LogP contribution in [0, 0.1) is 0 Å². The molecular weight excluding hydrogens is 482 g/mol. The molecule has 0 radical (unpaired) electrons. The summed E-state index contributed by atoms with van der Waals surface area (Å²) in [7, 11) is 0. The molecule has 2 N–H and O–H groups in total. The highest BCUT2D eigenvalue weighted by atomic mass is 35.5. The van der Waals surface area contributed by atoms with Crippen LogP contribution >= 0.6 is 45.6 Å². The van der Waals surface area contributed by atoms with Crippen molar-refractivity contribution in [2.75, 3.05) is 0 Å². The molecule has 4 rings (SSSR count). The lowest BCUT2D eigenvalue weighted by Gasteiger charge is -2.01. The molecule has 0 spiro atoms. The van der Waals surface area contributed by atoms with Gasteiger partial charge in [0.1, 0.15) is 0 Å². The number of amides is 2. The third-order valence-electron chi connectivity index (χ3n) is 4.53. The summed E-state index contributed by atoms with van der Waals surface area (Å²) < 4.78 is 0. The lowest BCUT2D eigenvalue weighted by molar-refractivity contribution is 0.0950. The molecule has 0 aliphatic heterocycles. The highest BCUT2D eigenvalue weighted by Gasteiger charge is 2.14. The second kappa shape index (κ2) is 10.2. The van der Waals surface area contributed by atoms with Crippen LogP contribution in [0.5, 0.6) is 0 Å². The summed E-state index contributed by atoms with van der Waals surface area (Å²) in [6.07, 6.45) is 0. The monoisotopic (exact) mass is 499 g/mol. The number of carbonyl (C=O) groups excluding carboxylic acids is 2. The topological polar surface area (TPSA) is 70.6 Å². The fourth-order valence-corrected chi connectivity index (χ4v) is 5.34. The minimum atomic E-state index is -0.347. The van der Waals surface area contributed by atoms with E-state index in [-0.39, 0.29) is 11.8 Å². The molecule has 1 aromatic carbocycles. The van der Waals surface area contributed by atoms with Gasteiger partial charge in [-0.25, -0.2) is 5.43 Å². The lowest BCUT2D eigenvalue weighted by atomic mass is 10.1. The van der Waals surface area contributed by atoms with Crippen LogP contribution in [-0.2, 0) is 6.54 Å². The summed E-state index contributed by atoms with van der Waals surface area (Å²) in [4.78, 5) is 27.9. The second-order valence-electron chi connectivity index (χ2n) is 6.77. The molecule has 0 saturated heterocycles. The zero-order chi connectivity index (χ0) is 22.5. The van der Waals surface area contributed by atoms with Crippen molar-refractivity contribution in [3.8, 4) is 10.4 Å². The highest BCUT2D eigenvalue weighted by Crippen LogP contribution is 2.28. The standard InChI is InChI=1S/C23H18ClN3O2S3/c1-14(16-11-21(31-13-16)15-4-6-17(24)7-5-15)26-27-23(29)20-9-8-19(32-20)22(28)25-12-18-3-2-10-30-18/h2-11,13H,12H2,1H3,(H,25,28)(H,27,29)/b26-14+. The van der Waals surface area contributed by atoms with Crippen molar-refractivity contribution in [2.24, 2.45) is 5.10 Å². The smallest absolute Gasteiger partial charge is 0.281 e. The number of hydrogen-bond donors (Lipinski definition) is 2. The molecule has 5 nitrogen and oxygen atoms in total. The van der Waals surface area contributed by atoms with E-state index >= 15 is 0 Å². The van der Waals surface area contributed by atoms with Crippen molar-refractivity contribution in [3.63, 3.8) is 0 Å². The molecule has 4 aromatic rings. The lowest BCUT2D eigenvalue weighted by Crippen LogP contribution is -2.21. The maximum atomic E-state index is 12.5. The van der Waals surface area contributed by atoms with Crippen molar-refractivity contribution in [1.29, 1.82) is 0 Å². The molecular formula is C23H18ClN3O2S3. The molecule has 0 bridgehead atoms. The summed E-state index contributed by atoms with van der Waals surface area (Å²) >= 11 is 10.3. The van der Waals surface area contributed by atoms with E-state index in [1.165, 1.54) is 0 Å². The van der Waals surface area contributed by atoms with Gasteiger partial charge in [0.2, 0.25) is 0 Å². The molecule has 0 unspecified atom stereocenters. The van der Waals surface area contributed by atoms with Crippen LogP contribution < -0.4 is 10.7 Å². The van der Waals surface area contributed by atoms with Gasteiger partial charge in [0, 0.05) is 25.7 Å². The maximum Gasteiger partial charge on any atom is 0.281 e. The molecule has 0 aliphatic carbocycles. The van der Waals surface area contributed by atoms with E-state index in [2.05, 4.69) is 15.8 Å². The summed E-state index contributed by atoms with van der Waals surface area (Å²) in [5, 5.41) is 11.7. The van der Waals surface area contributed by atoms with Crippen LogP contribution in [-0.4, -0.2) is 17.5 Å². The summed E-state index contributed by atoms with van der Waals surface area (Å²) in [5.74, 6) is -0.546. The first-order chi connectivity index (χ1) is 15.5. The Morgan fingerprint density at radius 2 is 1.75 bits per heavy atom. The molecule has 0 aliphatic rings. The SMILES string of the molecule is C/C(=N\NC(=O)c1ccc(C(=O)NCc2cccs2)s1)c1csc(-c2ccc(Cl)cc2)c1. The van der Waals surface area contributed by atoms with Gasteiger partial charge in [0.15, 0.2) is 0 Å². The average Bonchev–Trinajstić information content (AvgIpc) is 3.57. The zero-order valence-electron chi connectivity index (χ0n) is 16.9. The van der Waals surface area contributed by atoms with Crippen molar-refractivity contribution in [2.45, 2.75) is 13.5 Å². The minimum Gasteiger partial charge on any atom is -0.346 e. The summed E-state index contributed by atoms with van der Waals surface area (Å²) in [6.45, 7) is 2.31. The predicted octanol–water partition coefficient (Wildman–Crippen LogP) is 6.28. The molecule has 3 heterocycles. The molecule has 9 heteroatoms. The number of halogens is 1. The molecule has 0 fully saturated rings. The highest BCUT2D eigenvalue weighted by molar-refractivity contribution is 7.16. The third kappa shape index (κ3) is 5.52. The Morgan fingerprint density at radius 3 is 2.47 bits per heavy atom. The van der Waals surface area contributed by atoms with Crippen LogP contribution in [0.3, 0.4) is 0 Å². The van der Waals surface area contributed by atoms with Gasteiger partial charge < -0.3 is 5.32 Å². The van der Waals surface area contributed by atoms with Crippen LogP contribution in [0.25, 0.3) is 10.4 Å². The Balaban J connectivity index is 1.36. The van der Waals surface area contributed by atoms with Gasteiger partial charge in [0.25, 0.3) is 11.8 Å². The number of nitrogens with one attached hydrogen (secondary N) is 2. The van der Waals surface area contributed by atoms with Crippen molar-refractivity contribution in [3.05, 3.63) is 90.6 Å². The van der Waals surface area contributed by atoms with E-state index in [0.29, 0.717) is 27.0 Å². The Morgan fingerprint density at radius 1 is 1.00 bits per heavy atom. The van der Waals surface area contributed by atoms with Gasteiger partial charge >= 0.3 is 0 Å². The van der Waals surface area contributed by atoms with E-state index in [1.807, 2.05) is 60.1 Å². The average molecular weight is 500 g/mol. The van der Waals surface area contributed by atoms with E-state index < -0.39 is 0 Å². The van der Waals surface area contributed by atoms with Gasteiger partial charge in [-0.2, -0.15) is 5.10 Å². The zero-order valence-corrected chi connectivity index (χ0v) is 20.1. The largest absolute Gasteiger partial charge is 0.346 e. The van der Waals surface area contributed by atoms with Crippen LogP contribution in [0.15, 0.2) is 70.5 Å². The third-order valence-corrected chi connectivity index (χ3v) is 7.72. The molecule has 0 saturated carbocycles. The number of carbonyl (C=O) groups is 2. The number of nitrogens with zero attached hydrogens (tertiary/aromatic N) is 1. The van der Waals surface area contributed by atoms with Gasteiger partial charge in [0.05, 0.1) is 22.0 Å². The van der Waals surface area contributed by atoms with Crippen LogP contribution in [0.4, 0.5) is 0 Å². The van der Waals surface area contributed by atoms with Gasteiger partial charge in [-0.05, 0) is 54.3 Å². The Kier molecular flexibility index (Phi) is 7.16. The first-order valence-corrected chi connectivity index (χ1v) is 12.5. The van der Waals surface area contributed by atoms with Crippen molar-refractivity contribution >= 4 is 63.1 Å². The number of rotatable bonds is 7. The van der Waals surface area contributed by atoms with Gasteiger partial charge in [-0.15, -0.1) is 34.0 Å². The van der Waals surface area contributed by atoms with Gasteiger partial charge in [-0.1, -0.05) is 29.8 Å². The summed E-state index contributed by atoms with van der Waals surface area (Å²) in [5.41, 5.74) is 5.28. The molecule has 162 valence electrons. The fraction of sp³-hybridized carbons (Fsp3) is 0.0870. The number of hydrazone groups is 1. The fourth-order valence-electron chi connectivity index (χ4n) is 2.80. The minimum absolute atomic E-state index is 0.199. The van der Waals surface area contributed by atoms with Crippen molar-refractivity contribution < 1.29 is 9.59 Å². The number of thiophene rings is 3. The Hall–Kier alpha value is -2.78. The molecule has 0 atom stereocenters. The second-order valence-corrected chi connectivity index (χ2v) is 10.2.